The zero-order valence-electron chi connectivity index (χ0n) is 13.4. The van der Waals surface area contributed by atoms with Crippen LogP contribution in [-0.2, 0) is 0 Å². The van der Waals surface area contributed by atoms with Crippen LogP contribution < -0.4 is 10.1 Å². The van der Waals surface area contributed by atoms with E-state index in [1.165, 1.54) is 22.3 Å². The Labute approximate surface area is 128 Å². The van der Waals surface area contributed by atoms with Crippen LogP contribution in [0.2, 0.25) is 0 Å². The fourth-order valence-corrected chi connectivity index (χ4v) is 2.52. The number of nitrogens with one attached hydrogen (secondary N) is 1. The molecule has 0 heterocycles. The van der Waals surface area contributed by atoms with Crippen molar-refractivity contribution in [3.63, 3.8) is 0 Å². The third kappa shape index (κ3) is 3.85. The quantitative estimate of drug-likeness (QED) is 0.827. The van der Waals surface area contributed by atoms with E-state index in [9.17, 15) is 0 Å². The third-order valence-electron chi connectivity index (χ3n) is 3.86. The minimum absolute atomic E-state index is 0.399. The molecule has 0 aliphatic heterocycles. The maximum Gasteiger partial charge on any atom is 0.119 e. The minimum atomic E-state index is 0.399. The molecule has 0 saturated carbocycles. The van der Waals surface area contributed by atoms with Gasteiger partial charge in [-0.25, -0.2) is 0 Å². The lowest BCUT2D eigenvalue weighted by Gasteiger charge is -2.15. The lowest BCUT2D eigenvalue weighted by atomic mass is 9.98. The molecule has 0 spiro atoms. The molecule has 0 fully saturated rings. The van der Waals surface area contributed by atoms with Gasteiger partial charge in [0.05, 0.1) is 7.11 Å². The molecule has 0 radical (unpaired) electrons. The predicted octanol–water partition coefficient (Wildman–Crippen LogP) is 4.73. The van der Waals surface area contributed by atoms with Crippen LogP contribution in [0.5, 0.6) is 5.75 Å². The molecule has 2 rings (SSSR count). The highest BCUT2D eigenvalue weighted by molar-refractivity contribution is 5.68. The molecular formula is C19H25NO. The van der Waals surface area contributed by atoms with Gasteiger partial charge in [-0.05, 0) is 61.2 Å². The SMILES string of the molecule is CCCNC(C)c1ccc(-c2ccc(OC)cc2C)cc1. The van der Waals surface area contributed by atoms with Gasteiger partial charge >= 0.3 is 0 Å². The van der Waals surface area contributed by atoms with E-state index in [1.807, 2.05) is 6.07 Å². The average molecular weight is 283 g/mol. The van der Waals surface area contributed by atoms with Crippen molar-refractivity contribution in [2.75, 3.05) is 13.7 Å². The highest BCUT2D eigenvalue weighted by Crippen LogP contribution is 2.27. The molecule has 21 heavy (non-hydrogen) atoms. The largest absolute Gasteiger partial charge is 0.497 e. The summed E-state index contributed by atoms with van der Waals surface area (Å²) in [5.41, 5.74) is 5.08. The maximum absolute atomic E-state index is 5.27. The van der Waals surface area contributed by atoms with Crippen LogP contribution in [0.1, 0.15) is 37.4 Å². The Morgan fingerprint density at radius 1 is 1.10 bits per heavy atom. The molecule has 2 heteroatoms. The van der Waals surface area contributed by atoms with Crippen LogP contribution in [0.4, 0.5) is 0 Å². The number of rotatable bonds is 6. The van der Waals surface area contributed by atoms with Crippen molar-refractivity contribution in [2.45, 2.75) is 33.2 Å². The molecule has 1 atom stereocenters. The number of methoxy groups -OCH3 is 1. The monoisotopic (exact) mass is 283 g/mol. The van der Waals surface area contributed by atoms with E-state index in [0.29, 0.717) is 6.04 Å². The van der Waals surface area contributed by atoms with Crippen LogP contribution in [0, 0.1) is 6.92 Å². The van der Waals surface area contributed by atoms with Gasteiger partial charge in [-0.15, -0.1) is 0 Å². The highest BCUT2D eigenvalue weighted by Gasteiger charge is 2.06. The Kier molecular flexibility index (Phi) is 5.40. The van der Waals surface area contributed by atoms with Gasteiger partial charge in [0.15, 0.2) is 0 Å². The molecule has 2 aromatic carbocycles. The number of benzene rings is 2. The van der Waals surface area contributed by atoms with Crippen LogP contribution in [0.3, 0.4) is 0 Å². The van der Waals surface area contributed by atoms with Gasteiger partial charge in [0.2, 0.25) is 0 Å². The molecule has 0 aliphatic rings. The Hall–Kier alpha value is -1.80. The standard InChI is InChI=1S/C19H25NO/c1-5-12-20-15(3)16-6-8-17(9-7-16)19-11-10-18(21-4)13-14(19)2/h6-11,13,15,20H,5,12H2,1-4H3. The zero-order chi connectivity index (χ0) is 15.2. The minimum Gasteiger partial charge on any atom is -0.497 e. The highest BCUT2D eigenvalue weighted by atomic mass is 16.5. The van der Waals surface area contributed by atoms with Crippen LogP contribution in [0.25, 0.3) is 11.1 Å². The summed E-state index contributed by atoms with van der Waals surface area (Å²) in [6.07, 6.45) is 1.16. The van der Waals surface area contributed by atoms with E-state index in [4.69, 9.17) is 4.74 Å². The van der Waals surface area contributed by atoms with Crippen LogP contribution in [-0.4, -0.2) is 13.7 Å². The van der Waals surface area contributed by atoms with E-state index in [-0.39, 0.29) is 0 Å². The summed E-state index contributed by atoms with van der Waals surface area (Å²) in [6.45, 7) is 7.58. The Morgan fingerprint density at radius 3 is 2.38 bits per heavy atom. The first-order chi connectivity index (χ1) is 10.2. The first-order valence-corrected chi connectivity index (χ1v) is 7.64. The van der Waals surface area contributed by atoms with E-state index < -0.39 is 0 Å². The molecule has 0 amide bonds. The summed E-state index contributed by atoms with van der Waals surface area (Å²) in [5.74, 6) is 0.908. The van der Waals surface area contributed by atoms with E-state index in [0.717, 1.165) is 18.7 Å². The molecule has 0 aliphatic carbocycles. The number of hydrogen-bond acceptors (Lipinski definition) is 2. The molecule has 0 aromatic heterocycles. The van der Waals surface area contributed by atoms with Crippen molar-refractivity contribution < 1.29 is 4.74 Å². The van der Waals surface area contributed by atoms with Crippen molar-refractivity contribution >= 4 is 0 Å². The summed E-state index contributed by atoms with van der Waals surface area (Å²) in [7, 11) is 1.70. The first kappa shape index (κ1) is 15.6. The normalized spacial score (nSPS) is 12.2. The summed E-state index contributed by atoms with van der Waals surface area (Å²) in [5, 5.41) is 3.52. The smallest absolute Gasteiger partial charge is 0.119 e. The number of hydrogen-bond donors (Lipinski definition) is 1. The maximum atomic E-state index is 5.27. The van der Waals surface area contributed by atoms with Gasteiger partial charge in [-0.1, -0.05) is 37.3 Å². The second-order valence-electron chi connectivity index (χ2n) is 5.48. The summed E-state index contributed by atoms with van der Waals surface area (Å²) < 4.78 is 5.27. The van der Waals surface area contributed by atoms with Crippen molar-refractivity contribution in [1.82, 2.24) is 5.32 Å². The van der Waals surface area contributed by atoms with Crippen molar-refractivity contribution in [3.8, 4) is 16.9 Å². The molecule has 2 aromatic rings. The Morgan fingerprint density at radius 2 is 1.81 bits per heavy atom. The van der Waals surface area contributed by atoms with E-state index >= 15 is 0 Å². The van der Waals surface area contributed by atoms with Crippen LogP contribution >= 0.6 is 0 Å². The molecule has 2 nitrogen and oxygen atoms in total. The zero-order valence-corrected chi connectivity index (χ0v) is 13.4. The third-order valence-corrected chi connectivity index (χ3v) is 3.86. The summed E-state index contributed by atoms with van der Waals surface area (Å²) >= 11 is 0. The second kappa shape index (κ2) is 7.28. The van der Waals surface area contributed by atoms with Gasteiger partial charge in [0, 0.05) is 6.04 Å². The Balaban J connectivity index is 2.19. The van der Waals surface area contributed by atoms with Gasteiger partial charge in [0.25, 0.3) is 0 Å². The molecule has 1 N–H and O–H groups in total. The summed E-state index contributed by atoms with van der Waals surface area (Å²) in [6, 6.07) is 15.5. The molecule has 112 valence electrons. The number of aryl methyl sites for hydroxylation is 1. The lowest BCUT2D eigenvalue weighted by Crippen LogP contribution is -2.19. The number of ether oxygens (including phenoxy) is 1. The fourth-order valence-electron chi connectivity index (χ4n) is 2.52. The lowest BCUT2D eigenvalue weighted by molar-refractivity contribution is 0.414. The van der Waals surface area contributed by atoms with Crippen molar-refractivity contribution in [2.24, 2.45) is 0 Å². The summed E-state index contributed by atoms with van der Waals surface area (Å²) in [4.78, 5) is 0. The fraction of sp³-hybridized carbons (Fsp3) is 0.368. The molecule has 0 saturated heterocycles. The van der Waals surface area contributed by atoms with E-state index in [1.54, 1.807) is 7.11 Å². The van der Waals surface area contributed by atoms with Gasteiger partial charge < -0.3 is 10.1 Å². The molecular weight excluding hydrogens is 258 g/mol. The molecule has 1 unspecified atom stereocenters. The van der Waals surface area contributed by atoms with Gasteiger partial charge in [0.1, 0.15) is 5.75 Å². The topological polar surface area (TPSA) is 21.3 Å². The van der Waals surface area contributed by atoms with Crippen LogP contribution in [0.15, 0.2) is 42.5 Å². The van der Waals surface area contributed by atoms with Crippen molar-refractivity contribution in [1.29, 1.82) is 0 Å². The predicted molar refractivity (Wildman–Crippen MR) is 89.9 cm³/mol. The van der Waals surface area contributed by atoms with Gasteiger partial charge in [-0.3, -0.25) is 0 Å². The van der Waals surface area contributed by atoms with Gasteiger partial charge in [-0.2, -0.15) is 0 Å². The molecule has 0 bridgehead atoms. The average Bonchev–Trinajstić information content (AvgIpc) is 2.52. The van der Waals surface area contributed by atoms with E-state index in [2.05, 4.69) is 62.5 Å². The second-order valence-corrected chi connectivity index (χ2v) is 5.48. The first-order valence-electron chi connectivity index (χ1n) is 7.64. The van der Waals surface area contributed by atoms with Crippen molar-refractivity contribution in [3.05, 3.63) is 53.6 Å². The Bertz CT molecular complexity index is 575.